The van der Waals surface area contributed by atoms with Gasteiger partial charge >= 0.3 is 0 Å². The molecule has 0 heterocycles. The van der Waals surface area contributed by atoms with Gasteiger partial charge in [0.15, 0.2) is 6.10 Å². The fraction of sp³-hybridized carbons (Fsp3) is 0.923. The molecule has 0 aromatic carbocycles. The zero-order valence-electron chi connectivity index (χ0n) is 10.4. The van der Waals surface area contributed by atoms with Crippen molar-refractivity contribution in [3.8, 4) is 0 Å². The molecule has 96 valence electrons. The standard InChI is InChI=1S/C13H22N2O2/c1-8(17-14)12(16)15-13-5-9-2-10(6-13)4-11(3-9)7-13/h8-11H,2-7,14H2,1H3,(H,15,16). The van der Waals surface area contributed by atoms with Crippen molar-refractivity contribution in [1.29, 1.82) is 0 Å². The van der Waals surface area contributed by atoms with Crippen LogP contribution in [0.4, 0.5) is 0 Å². The maximum absolute atomic E-state index is 11.9. The highest BCUT2D eigenvalue weighted by atomic mass is 16.6. The van der Waals surface area contributed by atoms with Gasteiger partial charge in [0.1, 0.15) is 0 Å². The van der Waals surface area contributed by atoms with E-state index in [-0.39, 0.29) is 11.4 Å². The van der Waals surface area contributed by atoms with Crippen LogP contribution in [0.2, 0.25) is 0 Å². The second kappa shape index (κ2) is 3.95. The Kier molecular flexibility index (Phi) is 2.67. The molecular weight excluding hydrogens is 216 g/mol. The average molecular weight is 238 g/mol. The summed E-state index contributed by atoms with van der Waals surface area (Å²) in [5, 5.41) is 3.23. The predicted octanol–water partition coefficient (Wildman–Crippen LogP) is 1.35. The molecule has 4 heteroatoms. The molecule has 4 aliphatic rings. The van der Waals surface area contributed by atoms with Gasteiger partial charge in [0.2, 0.25) is 0 Å². The Morgan fingerprint density at radius 2 is 1.71 bits per heavy atom. The molecule has 1 amide bonds. The van der Waals surface area contributed by atoms with E-state index in [1.807, 2.05) is 0 Å². The minimum atomic E-state index is -0.539. The summed E-state index contributed by atoms with van der Waals surface area (Å²) < 4.78 is 0. The van der Waals surface area contributed by atoms with Crippen LogP contribution in [-0.2, 0) is 9.63 Å². The first kappa shape index (κ1) is 11.5. The summed E-state index contributed by atoms with van der Waals surface area (Å²) in [6.07, 6.45) is 7.13. The van der Waals surface area contributed by atoms with E-state index < -0.39 is 6.10 Å². The maximum Gasteiger partial charge on any atom is 0.251 e. The van der Waals surface area contributed by atoms with Gasteiger partial charge in [-0.3, -0.25) is 9.63 Å². The lowest BCUT2D eigenvalue weighted by Gasteiger charge is -2.57. The minimum absolute atomic E-state index is 0.0468. The molecule has 4 rings (SSSR count). The highest BCUT2D eigenvalue weighted by molar-refractivity contribution is 5.81. The zero-order valence-corrected chi connectivity index (χ0v) is 10.4. The van der Waals surface area contributed by atoms with Crippen LogP contribution in [0.25, 0.3) is 0 Å². The summed E-state index contributed by atoms with van der Waals surface area (Å²) in [6, 6.07) is 0. The van der Waals surface area contributed by atoms with Crippen LogP contribution < -0.4 is 11.2 Å². The summed E-state index contributed by atoms with van der Waals surface area (Å²) in [7, 11) is 0. The number of nitrogens with two attached hydrogens (primary N) is 1. The Morgan fingerprint density at radius 3 is 2.12 bits per heavy atom. The molecule has 0 spiro atoms. The van der Waals surface area contributed by atoms with E-state index >= 15 is 0 Å². The third-order valence-electron chi connectivity index (χ3n) is 5.00. The van der Waals surface area contributed by atoms with Gasteiger partial charge in [-0.15, -0.1) is 0 Å². The minimum Gasteiger partial charge on any atom is -0.348 e. The molecule has 17 heavy (non-hydrogen) atoms. The monoisotopic (exact) mass is 238 g/mol. The Morgan fingerprint density at radius 1 is 1.24 bits per heavy atom. The number of carbonyl (C=O) groups is 1. The first-order valence-corrected chi connectivity index (χ1v) is 6.78. The predicted molar refractivity (Wildman–Crippen MR) is 63.8 cm³/mol. The van der Waals surface area contributed by atoms with Crippen molar-refractivity contribution >= 4 is 5.91 Å². The topological polar surface area (TPSA) is 64.3 Å². The molecule has 4 fully saturated rings. The SMILES string of the molecule is CC(ON)C(=O)NC12CC3CC(CC(C3)C1)C2. The smallest absolute Gasteiger partial charge is 0.251 e. The first-order chi connectivity index (χ1) is 8.10. The van der Waals surface area contributed by atoms with E-state index in [1.165, 1.54) is 38.5 Å². The molecule has 4 bridgehead atoms. The summed E-state index contributed by atoms with van der Waals surface area (Å²) in [6.45, 7) is 1.70. The zero-order chi connectivity index (χ0) is 12.0. The van der Waals surface area contributed by atoms with Crippen molar-refractivity contribution in [3.05, 3.63) is 0 Å². The number of amides is 1. The second-order valence-corrected chi connectivity index (χ2v) is 6.47. The second-order valence-electron chi connectivity index (χ2n) is 6.47. The van der Waals surface area contributed by atoms with E-state index in [4.69, 9.17) is 5.90 Å². The molecule has 0 saturated heterocycles. The Labute approximate surface area is 102 Å². The lowest BCUT2D eigenvalue weighted by atomic mass is 9.53. The van der Waals surface area contributed by atoms with Gasteiger partial charge in [0, 0.05) is 5.54 Å². The van der Waals surface area contributed by atoms with Crippen molar-refractivity contribution in [1.82, 2.24) is 5.32 Å². The largest absolute Gasteiger partial charge is 0.348 e. The van der Waals surface area contributed by atoms with Crippen LogP contribution >= 0.6 is 0 Å². The van der Waals surface area contributed by atoms with E-state index in [2.05, 4.69) is 10.2 Å². The van der Waals surface area contributed by atoms with Crippen molar-refractivity contribution in [2.45, 2.75) is 57.1 Å². The van der Waals surface area contributed by atoms with Gasteiger partial charge in [0.05, 0.1) is 0 Å². The van der Waals surface area contributed by atoms with Crippen LogP contribution in [-0.4, -0.2) is 17.6 Å². The highest BCUT2D eigenvalue weighted by Crippen LogP contribution is 2.55. The fourth-order valence-corrected chi connectivity index (χ4v) is 4.69. The molecule has 4 saturated carbocycles. The molecule has 3 N–H and O–H groups in total. The molecule has 4 aliphatic carbocycles. The normalized spacial score (nSPS) is 44.7. The Balaban J connectivity index is 1.72. The average Bonchev–Trinajstić information content (AvgIpc) is 2.25. The molecule has 0 aliphatic heterocycles. The Hall–Kier alpha value is -0.610. The summed E-state index contributed by atoms with van der Waals surface area (Å²) in [5.74, 6) is 7.56. The maximum atomic E-state index is 11.9. The highest BCUT2D eigenvalue weighted by Gasteiger charge is 2.51. The number of carbonyl (C=O) groups excluding carboxylic acids is 1. The van der Waals surface area contributed by atoms with Gasteiger partial charge in [0.25, 0.3) is 5.91 Å². The summed E-state index contributed by atoms with van der Waals surface area (Å²) in [4.78, 5) is 16.6. The van der Waals surface area contributed by atoms with Gasteiger partial charge in [-0.2, -0.15) is 0 Å². The molecule has 1 atom stereocenters. The summed E-state index contributed by atoms with van der Waals surface area (Å²) in [5.41, 5.74) is 0.0681. The third-order valence-corrected chi connectivity index (χ3v) is 5.00. The van der Waals surface area contributed by atoms with Crippen molar-refractivity contribution in [3.63, 3.8) is 0 Å². The number of rotatable bonds is 3. The van der Waals surface area contributed by atoms with Crippen LogP contribution in [0.15, 0.2) is 0 Å². The summed E-state index contributed by atoms with van der Waals surface area (Å²) >= 11 is 0. The van der Waals surface area contributed by atoms with Crippen molar-refractivity contribution < 1.29 is 9.63 Å². The number of hydrogen-bond acceptors (Lipinski definition) is 3. The first-order valence-electron chi connectivity index (χ1n) is 6.78. The Bertz CT molecular complexity index is 294. The molecule has 0 radical (unpaired) electrons. The third kappa shape index (κ3) is 1.97. The van der Waals surface area contributed by atoms with Crippen LogP contribution in [0.1, 0.15) is 45.4 Å². The van der Waals surface area contributed by atoms with Crippen molar-refractivity contribution in [2.24, 2.45) is 23.7 Å². The van der Waals surface area contributed by atoms with Crippen LogP contribution in [0.3, 0.4) is 0 Å². The van der Waals surface area contributed by atoms with Gasteiger partial charge in [-0.05, 0) is 63.2 Å². The van der Waals surface area contributed by atoms with Crippen LogP contribution in [0.5, 0.6) is 0 Å². The molecule has 1 unspecified atom stereocenters. The molecule has 0 aromatic rings. The van der Waals surface area contributed by atoms with Gasteiger partial charge in [-0.25, -0.2) is 5.90 Å². The number of hydrogen-bond donors (Lipinski definition) is 2. The molecule has 0 aromatic heterocycles. The molecule has 4 nitrogen and oxygen atoms in total. The lowest BCUT2D eigenvalue weighted by molar-refractivity contribution is -0.137. The van der Waals surface area contributed by atoms with Crippen LogP contribution in [0, 0.1) is 17.8 Å². The van der Waals surface area contributed by atoms with Crippen molar-refractivity contribution in [2.75, 3.05) is 0 Å². The number of nitrogens with one attached hydrogen (secondary N) is 1. The fourth-order valence-electron chi connectivity index (χ4n) is 4.69. The van der Waals surface area contributed by atoms with Gasteiger partial charge < -0.3 is 5.32 Å². The lowest BCUT2D eigenvalue weighted by Crippen LogP contribution is -2.61. The van der Waals surface area contributed by atoms with E-state index in [9.17, 15) is 4.79 Å². The van der Waals surface area contributed by atoms with E-state index in [0.717, 1.165) is 17.8 Å². The molecular formula is C13H22N2O2. The van der Waals surface area contributed by atoms with Gasteiger partial charge in [-0.1, -0.05) is 0 Å². The quantitative estimate of drug-likeness (QED) is 0.729. The van der Waals surface area contributed by atoms with E-state index in [0.29, 0.717) is 0 Å². The van der Waals surface area contributed by atoms with E-state index in [1.54, 1.807) is 6.92 Å².